The summed E-state index contributed by atoms with van der Waals surface area (Å²) in [6.45, 7) is 4.99. The van der Waals surface area contributed by atoms with Crippen LogP contribution in [0.25, 0.3) is 0 Å². The van der Waals surface area contributed by atoms with Crippen molar-refractivity contribution in [1.29, 1.82) is 0 Å². The number of halogens is 2. The topological polar surface area (TPSA) is 55.1 Å². The number of carbonyl (C=O) groups excluding carboxylic acids is 1. The van der Waals surface area contributed by atoms with Gasteiger partial charge in [-0.2, -0.15) is 0 Å². The smallest absolute Gasteiger partial charge is 0.220 e. The molecule has 5 heteroatoms. The molecule has 3 nitrogen and oxygen atoms in total. The van der Waals surface area contributed by atoms with Crippen LogP contribution in [0, 0.1) is 11.3 Å². The predicted octanol–water partition coefficient (Wildman–Crippen LogP) is 3.96. The highest BCUT2D eigenvalue weighted by Crippen LogP contribution is 2.27. The van der Waals surface area contributed by atoms with E-state index in [-0.39, 0.29) is 29.8 Å². The van der Waals surface area contributed by atoms with Crippen LogP contribution in [0.3, 0.4) is 0 Å². The quantitative estimate of drug-likeness (QED) is 0.808. The highest BCUT2D eigenvalue weighted by molar-refractivity contribution is 6.30. The van der Waals surface area contributed by atoms with E-state index in [0.29, 0.717) is 18.9 Å². The lowest BCUT2D eigenvalue weighted by Crippen LogP contribution is -2.37. The van der Waals surface area contributed by atoms with Gasteiger partial charge in [0.1, 0.15) is 0 Å². The molecule has 2 rings (SSSR count). The van der Waals surface area contributed by atoms with Crippen molar-refractivity contribution in [3.63, 3.8) is 0 Å². The van der Waals surface area contributed by atoms with E-state index < -0.39 is 0 Å². The molecule has 130 valence electrons. The van der Waals surface area contributed by atoms with E-state index in [1.165, 1.54) is 5.56 Å². The summed E-state index contributed by atoms with van der Waals surface area (Å²) in [7, 11) is 0. The Balaban J connectivity index is 0.00000264. The van der Waals surface area contributed by atoms with Gasteiger partial charge in [-0.15, -0.1) is 12.4 Å². The molecule has 1 aliphatic carbocycles. The minimum Gasteiger partial charge on any atom is -0.356 e. The van der Waals surface area contributed by atoms with Crippen molar-refractivity contribution in [3.8, 4) is 0 Å². The van der Waals surface area contributed by atoms with Gasteiger partial charge in [-0.25, -0.2) is 0 Å². The number of hydrogen-bond donors (Lipinski definition) is 2. The Bertz CT molecular complexity index is 519. The Labute approximate surface area is 150 Å². The number of nitrogens with one attached hydrogen (secondary N) is 1. The molecule has 0 saturated heterocycles. The van der Waals surface area contributed by atoms with E-state index >= 15 is 0 Å². The minimum absolute atomic E-state index is 0. The summed E-state index contributed by atoms with van der Waals surface area (Å²) in [6.07, 6.45) is 4.74. The first kappa shape index (κ1) is 20.3. The molecule has 23 heavy (non-hydrogen) atoms. The van der Waals surface area contributed by atoms with Crippen molar-refractivity contribution in [1.82, 2.24) is 5.32 Å². The third-order valence-electron chi connectivity index (χ3n) is 4.50. The van der Waals surface area contributed by atoms with Crippen LogP contribution in [-0.2, 0) is 11.2 Å². The maximum Gasteiger partial charge on any atom is 0.220 e. The summed E-state index contributed by atoms with van der Waals surface area (Å²) in [5, 5.41) is 3.83. The van der Waals surface area contributed by atoms with E-state index in [4.69, 9.17) is 17.3 Å². The highest BCUT2D eigenvalue weighted by atomic mass is 35.5. The van der Waals surface area contributed by atoms with Crippen LogP contribution in [0.15, 0.2) is 24.3 Å². The molecule has 1 aromatic carbocycles. The van der Waals surface area contributed by atoms with Crippen molar-refractivity contribution in [2.45, 2.75) is 52.0 Å². The Morgan fingerprint density at radius 2 is 2.13 bits per heavy atom. The van der Waals surface area contributed by atoms with Gasteiger partial charge in [-0.1, -0.05) is 44.0 Å². The van der Waals surface area contributed by atoms with E-state index in [1.807, 2.05) is 18.2 Å². The fourth-order valence-corrected chi connectivity index (χ4v) is 3.44. The number of nitrogens with two attached hydrogens (primary N) is 1. The number of rotatable bonds is 6. The molecule has 0 aliphatic heterocycles. The van der Waals surface area contributed by atoms with Crippen molar-refractivity contribution in [2.24, 2.45) is 17.1 Å². The third kappa shape index (κ3) is 6.70. The van der Waals surface area contributed by atoms with Gasteiger partial charge >= 0.3 is 0 Å². The van der Waals surface area contributed by atoms with Crippen LogP contribution >= 0.6 is 24.0 Å². The Morgan fingerprint density at radius 3 is 2.74 bits per heavy atom. The van der Waals surface area contributed by atoms with Crippen molar-refractivity contribution >= 4 is 29.9 Å². The van der Waals surface area contributed by atoms with E-state index in [0.717, 1.165) is 30.7 Å². The first-order chi connectivity index (χ1) is 10.4. The lowest BCUT2D eigenvalue weighted by Gasteiger charge is -2.26. The van der Waals surface area contributed by atoms with Crippen LogP contribution in [0.1, 0.15) is 45.1 Å². The lowest BCUT2D eigenvalue weighted by atomic mass is 9.85. The zero-order chi connectivity index (χ0) is 16.2. The third-order valence-corrected chi connectivity index (χ3v) is 4.74. The van der Waals surface area contributed by atoms with Crippen LogP contribution < -0.4 is 11.1 Å². The molecule has 1 aliphatic rings. The zero-order valence-electron chi connectivity index (χ0n) is 14.0. The molecule has 1 fully saturated rings. The largest absolute Gasteiger partial charge is 0.356 e. The number of benzene rings is 1. The average molecular weight is 359 g/mol. The fourth-order valence-electron chi connectivity index (χ4n) is 3.23. The van der Waals surface area contributed by atoms with Gasteiger partial charge in [0.2, 0.25) is 5.91 Å². The van der Waals surface area contributed by atoms with Gasteiger partial charge in [0.15, 0.2) is 0 Å². The number of amides is 1. The number of hydrogen-bond acceptors (Lipinski definition) is 2. The molecule has 0 aromatic heterocycles. The summed E-state index contributed by atoms with van der Waals surface area (Å²) < 4.78 is 0. The fraction of sp³-hybridized carbons (Fsp3) is 0.611. The van der Waals surface area contributed by atoms with Crippen LogP contribution in [0.4, 0.5) is 0 Å². The molecule has 1 saturated carbocycles. The predicted molar refractivity (Wildman–Crippen MR) is 99.1 cm³/mol. The van der Waals surface area contributed by atoms with Gasteiger partial charge in [-0.05, 0) is 48.3 Å². The molecular formula is C18H28Cl2N2O. The first-order valence-electron chi connectivity index (χ1n) is 8.12. The molecular weight excluding hydrogens is 331 g/mol. The monoisotopic (exact) mass is 358 g/mol. The van der Waals surface area contributed by atoms with Crippen molar-refractivity contribution < 1.29 is 4.79 Å². The molecule has 0 unspecified atom stereocenters. The maximum atomic E-state index is 12.1. The molecule has 1 aromatic rings. The molecule has 0 bridgehead atoms. The second-order valence-corrected chi connectivity index (χ2v) is 7.74. The molecule has 0 spiro atoms. The molecule has 2 atom stereocenters. The van der Waals surface area contributed by atoms with Gasteiger partial charge in [-0.3, -0.25) is 4.79 Å². The zero-order valence-corrected chi connectivity index (χ0v) is 15.6. The molecule has 1 amide bonds. The Morgan fingerprint density at radius 1 is 1.39 bits per heavy atom. The summed E-state index contributed by atoms with van der Waals surface area (Å²) >= 11 is 6.03. The van der Waals surface area contributed by atoms with Crippen LogP contribution in [0.2, 0.25) is 5.02 Å². The van der Waals surface area contributed by atoms with Crippen molar-refractivity contribution in [2.75, 3.05) is 6.54 Å². The van der Waals surface area contributed by atoms with Gasteiger partial charge in [0.25, 0.3) is 0 Å². The van der Waals surface area contributed by atoms with E-state index in [2.05, 4.69) is 25.2 Å². The molecule has 0 heterocycles. The normalized spacial score (nSPS) is 20.9. The summed E-state index contributed by atoms with van der Waals surface area (Å²) in [4.78, 5) is 12.1. The maximum absolute atomic E-state index is 12.1. The summed E-state index contributed by atoms with van der Waals surface area (Å²) in [5.74, 6) is 0.484. The molecule has 0 radical (unpaired) electrons. The number of carbonyl (C=O) groups is 1. The average Bonchev–Trinajstić information content (AvgIpc) is 2.82. The SMILES string of the molecule is CC(C)(CNC(=O)C[C@@H]1CCC[C@H]1N)Cc1cccc(Cl)c1.Cl. The summed E-state index contributed by atoms with van der Waals surface area (Å²) in [5.41, 5.74) is 7.23. The standard InChI is InChI=1S/C18H27ClN2O.ClH/c1-18(2,11-13-5-3-7-15(19)9-13)12-21-17(22)10-14-6-4-8-16(14)20;/h3,5,7,9,14,16H,4,6,8,10-12,20H2,1-2H3,(H,21,22);1H/t14-,16+;/m0./s1. The van der Waals surface area contributed by atoms with E-state index in [9.17, 15) is 4.79 Å². The van der Waals surface area contributed by atoms with Gasteiger partial charge in [0.05, 0.1) is 0 Å². The lowest BCUT2D eigenvalue weighted by molar-refractivity contribution is -0.122. The minimum atomic E-state index is -0.00185. The summed E-state index contributed by atoms with van der Waals surface area (Å²) in [6, 6.07) is 8.11. The van der Waals surface area contributed by atoms with Gasteiger partial charge < -0.3 is 11.1 Å². The first-order valence-corrected chi connectivity index (χ1v) is 8.50. The Hall–Kier alpha value is -0.770. The second-order valence-electron chi connectivity index (χ2n) is 7.31. The van der Waals surface area contributed by atoms with Gasteiger partial charge in [0, 0.05) is 24.0 Å². The highest BCUT2D eigenvalue weighted by Gasteiger charge is 2.27. The second kappa shape index (κ2) is 8.91. The van der Waals surface area contributed by atoms with Crippen molar-refractivity contribution in [3.05, 3.63) is 34.9 Å². The Kier molecular flexibility index (Phi) is 7.85. The van der Waals surface area contributed by atoms with E-state index in [1.54, 1.807) is 0 Å². The molecule has 3 N–H and O–H groups in total. The van der Waals surface area contributed by atoms with Crippen LogP contribution in [-0.4, -0.2) is 18.5 Å². The van der Waals surface area contributed by atoms with Crippen LogP contribution in [0.5, 0.6) is 0 Å².